The first kappa shape index (κ1) is 22.8. The third kappa shape index (κ3) is 3.99. The number of anilines is 1. The first-order valence-electron chi connectivity index (χ1n) is 11.9. The number of hydrogen-bond donors (Lipinski definition) is 1. The zero-order chi connectivity index (χ0) is 24.3. The molecule has 2 saturated carbocycles. The Balaban J connectivity index is 1.20. The lowest BCUT2D eigenvalue weighted by molar-refractivity contribution is 0.00367. The molecule has 35 heavy (non-hydrogen) atoms. The molecule has 1 aromatic carbocycles. The second-order valence-electron chi connectivity index (χ2n) is 9.74. The van der Waals surface area contributed by atoms with Gasteiger partial charge in [-0.25, -0.2) is 9.78 Å². The Morgan fingerprint density at radius 1 is 1.20 bits per heavy atom. The SMILES string of the molecule is C[C@@H]1[C@@H]2C[C@@H](C[C@H]2OCc2c(-c3c(Cl)cccc3Cl)noc2C2CC2)N1c1ccc(C(=O)O)nc1. The monoisotopic (exact) mass is 513 g/mol. The van der Waals surface area contributed by atoms with Gasteiger partial charge in [0.2, 0.25) is 0 Å². The van der Waals surface area contributed by atoms with Crippen LogP contribution in [0.3, 0.4) is 0 Å². The maximum atomic E-state index is 11.1. The standard InChI is InChI=1S/C26H25Cl2N3O4/c1-13-17-9-16(31(13)15-7-8-21(26(32)33)29-11-15)10-22(17)34-12-18-24(30-35-25(18)14-5-6-14)23-19(27)3-2-4-20(23)28/h2-4,7-8,11,13-14,16-17,22H,5-6,9-10,12H2,1H3,(H,32,33)/t13-,16+,17+,22-/m1/s1. The molecular formula is C26H25Cl2N3O4. The van der Waals surface area contributed by atoms with Gasteiger partial charge in [-0.2, -0.15) is 0 Å². The summed E-state index contributed by atoms with van der Waals surface area (Å²) in [5, 5.41) is 14.6. The number of nitrogens with zero attached hydrogens (tertiary/aromatic N) is 3. The van der Waals surface area contributed by atoms with Crippen LogP contribution in [-0.4, -0.2) is 39.4 Å². The predicted molar refractivity (Wildman–Crippen MR) is 132 cm³/mol. The topological polar surface area (TPSA) is 88.7 Å². The molecule has 2 aliphatic carbocycles. The molecule has 6 rings (SSSR count). The van der Waals surface area contributed by atoms with Crippen LogP contribution in [0, 0.1) is 5.92 Å². The van der Waals surface area contributed by atoms with E-state index in [1.54, 1.807) is 12.3 Å². The van der Waals surface area contributed by atoms with Crippen LogP contribution in [0.15, 0.2) is 41.1 Å². The zero-order valence-corrected chi connectivity index (χ0v) is 20.7. The van der Waals surface area contributed by atoms with Gasteiger partial charge in [0.05, 0.1) is 34.6 Å². The lowest BCUT2D eigenvalue weighted by Crippen LogP contribution is -2.45. The first-order valence-corrected chi connectivity index (χ1v) is 12.7. The van der Waals surface area contributed by atoms with Crippen LogP contribution in [-0.2, 0) is 11.3 Å². The molecule has 0 unspecified atom stereocenters. The fraction of sp³-hybridized carbons (Fsp3) is 0.423. The summed E-state index contributed by atoms with van der Waals surface area (Å²) < 4.78 is 12.3. The third-order valence-electron chi connectivity index (χ3n) is 7.65. The Labute approximate surface area is 213 Å². The molecule has 0 amide bonds. The molecule has 4 atom stereocenters. The predicted octanol–water partition coefficient (Wildman–Crippen LogP) is 6.19. The molecule has 3 aliphatic rings. The van der Waals surface area contributed by atoms with E-state index in [4.69, 9.17) is 37.6 Å². The van der Waals surface area contributed by atoms with Crippen molar-refractivity contribution in [2.45, 2.75) is 63.3 Å². The van der Waals surface area contributed by atoms with E-state index in [0.717, 1.165) is 42.7 Å². The number of benzene rings is 1. The van der Waals surface area contributed by atoms with Gasteiger partial charge in [-0.05, 0) is 56.9 Å². The van der Waals surface area contributed by atoms with Gasteiger partial charge in [-0.3, -0.25) is 0 Å². The van der Waals surface area contributed by atoms with Crippen molar-refractivity contribution in [2.24, 2.45) is 5.92 Å². The molecule has 3 aromatic rings. The molecular weight excluding hydrogens is 489 g/mol. The average molecular weight is 514 g/mol. The van der Waals surface area contributed by atoms with Crippen LogP contribution in [0.2, 0.25) is 10.0 Å². The van der Waals surface area contributed by atoms with E-state index in [2.05, 4.69) is 22.0 Å². The minimum Gasteiger partial charge on any atom is -0.477 e. The van der Waals surface area contributed by atoms with Crippen LogP contribution in [0.5, 0.6) is 0 Å². The molecule has 9 heteroatoms. The summed E-state index contributed by atoms with van der Waals surface area (Å²) in [5.74, 6) is 0.624. The smallest absolute Gasteiger partial charge is 0.354 e. The summed E-state index contributed by atoms with van der Waals surface area (Å²) >= 11 is 13.0. The lowest BCUT2D eigenvalue weighted by Gasteiger charge is -2.38. The van der Waals surface area contributed by atoms with E-state index >= 15 is 0 Å². The minimum atomic E-state index is -1.02. The summed E-state index contributed by atoms with van der Waals surface area (Å²) in [7, 11) is 0. The second-order valence-corrected chi connectivity index (χ2v) is 10.6. The van der Waals surface area contributed by atoms with Crippen molar-refractivity contribution in [1.82, 2.24) is 10.1 Å². The van der Waals surface area contributed by atoms with Gasteiger partial charge in [0.15, 0.2) is 0 Å². The molecule has 0 spiro atoms. The van der Waals surface area contributed by atoms with Crippen molar-refractivity contribution in [2.75, 3.05) is 4.90 Å². The number of hydrogen-bond acceptors (Lipinski definition) is 6. The molecule has 1 saturated heterocycles. The Morgan fingerprint density at radius 3 is 2.60 bits per heavy atom. The highest BCUT2D eigenvalue weighted by atomic mass is 35.5. The van der Waals surface area contributed by atoms with Gasteiger partial charge < -0.3 is 19.3 Å². The van der Waals surface area contributed by atoms with Crippen molar-refractivity contribution >= 4 is 34.9 Å². The number of aromatic nitrogens is 2. The Morgan fingerprint density at radius 2 is 1.97 bits per heavy atom. The molecule has 2 aromatic heterocycles. The van der Waals surface area contributed by atoms with E-state index in [-0.39, 0.29) is 17.8 Å². The highest BCUT2D eigenvalue weighted by molar-refractivity contribution is 6.39. The van der Waals surface area contributed by atoms with E-state index in [0.29, 0.717) is 45.8 Å². The summed E-state index contributed by atoms with van der Waals surface area (Å²) in [6.45, 7) is 2.61. The minimum absolute atomic E-state index is 0.0570. The molecule has 1 aliphatic heterocycles. The molecule has 2 bridgehead atoms. The van der Waals surface area contributed by atoms with Crippen molar-refractivity contribution in [3.63, 3.8) is 0 Å². The van der Waals surface area contributed by atoms with E-state index in [1.165, 1.54) is 0 Å². The molecule has 1 N–H and O–H groups in total. The normalized spacial score (nSPS) is 25.4. The maximum Gasteiger partial charge on any atom is 0.354 e. The number of aromatic carboxylic acids is 1. The molecule has 3 fully saturated rings. The number of piperidine rings is 1. The fourth-order valence-electron chi connectivity index (χ4n) is 5.82. The van der Waals surface area contributed by atoms with Crippen molar-refractivity contribution < 1.29 is 19.2 Å². The van der Waals surface area contributed by atoms with Crippen LogP contribution in [0.25, 0.3) is 11.3 Å². The van der Waals surface area contributed by atoms with Gasteiger partial charge in [-0.15, -0.1) is 0 Å². The quantitative estimate of drug-likeness (QED) is 0.402. The van der Waals surface area contributed by atoms with Crippen LogP contribution in [0.1, 0.15) is 60.3 Å². The number of pyridine rings is 1. The Kier molecular flexibility index (Phi) is 5.74. The first-order chi connectivity index (χ1) is 16.9. The highest BCUT2D eigenvalue weighted by Gasteiger charge is 2.50. The number of rotatable bonds is 7. The largest absolute Gasteiger partial charge is 0.477 e. The van der Waals surface area contributed by atoms with Gasteiger partial charge >= 0.3 is 5.97 Å². The Bertz CT molecular complexity index is 1250. The van der Waals surface area contributed by atoms with Crippen LogP contribution in [0.4, 0.5) is 5.69 Å². The van der Waals surface area contributed by atoms with E-state index in [1.807, 2.05) is 24.3 Å². The maximum absolute atomic E-state index is 11.1. The molecule has 182 valence electrons. The summed E-state index contributed by atoms with van der Waals surface area (Å²) in [6, 6.07) is 9.45. The summed E-state index contributed by atoms with van der Waals surface area (Å²) in [4.78, 5) is 17.6. The van der Waals surface area contributed by atoms with E-state index < -0.39 is 5.97 Å². The number of carbonyl (C=O) groups is 1. The number of halogens is 2. The fourth-order valence-corrected chi connectivity index (χ4v) is 6.40. The average Bonchev–Trinajstić information content (AvgIpc) is 3.34. The second kappa shape index (κ2) is 8.80. The molecule has 7 nitrogen and oxygen atoms in total. The van der Waals surface area contributed by atoms with Crippen molar-refractivity contribution in [3.8, 4) is 11.3 Å². The van der Waals surface area contributed by atoms with Crippen molar-refractivity contribution in [1.29, 1.82) is 0 Å². The molecule has 3 heterocycles. The van der Waals surface area contributed by atoms with Gasteiger partial charge in [0.25, 0.3) is 0 Å². The van der Waals surface area contributed by atoms with E-state index in [9.17, 15) is 4.79 Å². The number of carboxylic acids is 1. The number of ether oxygens (including phenoxy) is 1. The van der Waals surface area contributed by atoms with Gasteiger partial charge in [0.1, 0.15) is 17.1 Å². The van der Waals surface area contributed by atoms with Crippen LogP contribution < -0.4 is 4.90 Å². The Hall–Kier alpha value is -2.61. The third-order valence-corrected chi connectivity index (χ3v) is 8.28. The van der Waals surface area contributed by atoms with Gasteiger partial charge in [-0.1, -0.05) is 34.4 Å². The number of carboxylic acid groups (broad SMARTS) is 1. The zero-order valence-electron chi connectivity index (χ0n) is 19.2. The van der Waals surface area contributed by atoms with Crippen LogP contribution >= 0.6 is 23.2 Å². The number of fused-ring (bicyclic) bond motifs is 2. The highest BCUT2D eigenvalue weighted by Crippen LogP contribution is 2.48. The summed E-state index contributed by atoms with van der Waals surface area (Å²) in [6.07, 6.45) is 5.90. The molecule has 0 radical (unpaired) electrons. The van der Waals surface area contributed by atoms with Crippen molar-refractivity contribution in [3.05, 3.63) is 63.6 Å². The summed E-state index contributed by atoms with van der Waals surface area (Å²) in [5.41, 5.74) is 3.32. The van der Waals surface area contributed by atoms with Gasteiger partial charge in [0, 0.05) is 35.0 Å². The lowest BCUT2D eigenvalue weighted by atomic mass is 9.96.